The van der Waals surface area contributed by atoms with Gasteiger partial charge in [-0.2, -0.15) is 52.7 Å². The number of carbonyl (C=O) groups excluding carboxylic acids is 8. The number of alkyl halides is 12. The minimum Gasteiger partial charge on any atom is -0.870 e. The molecule has 0 radical (unpaired) electrons. The summed E-state index contributed by atoms with van der Waals surface area (Å²) < 4.78 is 154. The second-order valence-corrected chi connectivity index (χ2v) is 17.3. The van der Waals surface area contributed by atoms with Gasteiger partial charge in [0.25, 0.3) is 0 Å². The Hall–Kier alpha value is -6.64. The number of halogens is 12. The van der Waals surface area contributed by atoms with E-state index in [1.807, 2.05) is 0 Å². The number of hydrogen-bond acceptors (Lipinski definition) is 10. The Morgan fingerprint density at radius 1 is 0.507 bits per heavy atom. The number of anilines is 4. The summed E-state index contributed by atoms with van der Waals surface area (Å²) in [5.41, 5.74) is -2.44. The summed E-state index contributed by atoms with van der Waals surface area (Å²) in [6.45, 7) is 11.0. The predicted molar refractivity (Wildman–Crippen MR) is 237 cm³/mol. The molecule has 4 aliphatic rings. The zero-order valence-corrected chi connectivity index (χ0v) is 42.9. The van der Waals surface area contributed by atoms with E-state index in [2.05, 4.69) is 15.4 Å². The van der Waals surface area contributed by atoms with Gasteiger partial charge in [-0.15, -0.1) is 0 Å². The Morgan fingerprint density at radius 3 is 1.33 bits per heavy atom. The van der Waals surface area contributed by atoms with Crippen molar-refractivity contribution < 1.29 is 131 Å². The van der Waals surface area contributed by atoms with Crippen molar-refractivity contribution in [3.63, 3.8) is 0 Å². The first-order chi connectivity index (χ1) is 33.2. The zero-order chi connectivity index (χ0) is 55.7. The summed E-state index contributed by atoms with van der Waals surface area (Å²) >= 11 is 0. The van der Waals surface area contributed by atoms with Crippen LogP contribution in [-0.4, -0.2) is 52.9 Å². The number of ether oxygens (including phenoxy) is 1. The van der Waals surface area contributed by atoms with Crippen LogP contribution in [0, 0.1) is 0 Å². The van der Waals surface area contributed by atoms with Crippen molar-refractivity contribution in [2.24, 2.45) is 0 Å². The normalized spacial score (nSPS) is 15.3. The van der Waals surface area contributed by atoms with Crippen molar-refractivity contribution >= 4 is 70.1 Å². The van der Waals surface area contributed by atoms with Gasteiger partial charge in [0.2, 0.25) is 35.4 Å². The van der Waals surface area contributed by atoms with E-state index in [9.17, 15) is 91.0 Å². The van der Waals surface area contributed by atoms with Crippen LogP contribution in [0.15, 0.2) is 72.8 Å². The van der Waals surface area contributed by atoms with Crippen LogP contribution in [0.2, 0.25) is 0 Å². The number of carbonyl (C=O) groups is 8. The summed E-state index contributed by atoms with van der Waals surface area (Å²) in [7, 11) is 0. The van der Waals surface area contributed by atoms with Crippen LogP contribution in [0.1, 0.15) is 99.9 Å². The van der Waals surface area contributed by atoms with Gasteiger partial charge in [0.1, 0.15) is 0 Å². The van der Waals surface area contributed by atoms with E-state index in [0.29, 0.717) is 22.5 Å². The van der Waals surface area contributed by atoms with Crippen molar-refractivity contribution in [2.45, 2.75) is 104 Å². The Labute approximate surface area is 440 Å². The molecule has 0 saturated heterocycles. The zero-order valence-electron chi connectivity index (χ0n) is 40.9. The Bertz CT molecular complexity index is 2900. The molecule has 0 bridgehead atoms. The smallest absolute Gasteiger partial charge is 0.870 e. The van der Waals surface area contributed by atoms with E-state index < -0.39 is 93.4 Å². The molecule has 4 heterocycles. The topological polar surface area (TPSA) is 206 Å². The molecule has 0 aliphatic carbocycles. The average molecular weight is 1090 g/mol. The SMILES string of the molecule is CC(=O)N1C(=O)C(C)(C)c2cc(C(F)(F)F)ccc21.CC(=O)N1C(=O)Cc2cc(C(F)(F)F)ccc21.CC(=O)OC(C)=O.CC1(C)C(=O)Nc2ccc(C(F)(F)F)cc21.O=C1Cc2cc(C(F)(F)F)ccc2N1.[Na+].[OH-]. The molecular formula is C48H43F12N4NaO10. The molecule has 4 aliphatic heterocycles. The fourth-order valence-electron chi connectivity index (χ4n) is 7.42. The molecule has 0 atom stereocenters. The molecule has 14 nitrogen and oxygen atoms in total. The number of nitrogens with zero attached hydrogens (tertiary/aromatic N) is 2. The minimum absolute atomic E-state index is 0. The number of esters is 2. The Balaban J connectivity index is 0.000000327. The quantitative estimate of drug-likeness (QED) is 0.0793. The van der Waals surface area contributed by atoms with Gasteiger partial charge in [0, 0.05) is 39.1 Å². The van der Waals surface area contributed by atoms with Crippen LogP contribution in [-0.2, 0) is 91.5 Å². The van der Waals surface area contributed by atoms with Gasteiger partial charge < -0.3 is 20.8 Å². The Kier molecular flexibility index (Phi) is 20.2. The van der Waals surface area contributed by atoms with Gasteiger partial charge >= 0.3 is 66.2 Å². The molecule has 0 spiro atoms. The fourth-order valence-corrected chi connectivity index (χ4v) is 7.42. The molecular weight excluding hydrogens is 1040 g/mol. The first kappa shape index (κ1) is 64.5. The third-order valence-corrected chi connectivity index (χ3v) is 11.0. The van der Waals surface area contributed by atoms with Crippen molar-refractivity contribution in [3.05, 3.63) is 117 Å². The standard InChI is InChI=1S/C13H12F3NO2.C11H8F3NO2.C11H10F3NO.C9H6F3NO.C4H6O3.Na.H2O/c1-7(18)17-10-5-4-8(13(14,15)16)6-9(10)12(2,3)11(17)19;1-6(16)15-9-3-2-8(11(12,13)14)4-7(9)5-10(15)17;1-10(2)7-5-6(11(12,13)14)3-4-8(7)15-9(10)16;10-9(11,12)6-1-2-7-5(3-6)4-8(14)13-7;1-3(5)7-4(2)6;;/h4-6H,1-3H3;2-4H,5H2,1H3;3-5H,1-2H3,(H,15,16);1-3H,4H2,(H,13,14);1-2H3;;1H2/q;;;;;+1;/p-1. The maximum Gasteiger partial charge on any atom is 1.00 e. The summed E-state index contributed by atoms with van der Waals surface area (Å²) in [5, 5.41) is 5.03. The van der Waals surface area contributed by atoms with Crippen LogP contribution in [0.25, 0.3) is 0 Å². The van der Waals surface area contributed by atoms with Crippen LogP contribution >= 0.6 is 0 Å². The van der Waals surface area contributed by atoms with Crippen molar-refractivity contribution in [1.29, 1.82) is 0 Å². The van der Waals surface area contributed by atoms with Crippen LogP contribution in [0.4, 0.5) is 75.4 Å². The maximum atomic E-state index is 12.7. The van der Waals surface area contributed by atoms with Gasteiger partial charge in [-0.05, 0) is 123 Å². The molecule has 6 amide bonds. The third kappa shape index (κ3) is 15.3. The third-order valence-electron chi connectivity index (χ3n) is 11.0. The van der Waals surface area contributed by atoms with Gasteiger partial charge in [-0.3, -0.25) is 43.3 Å². The molecule has 4 aromatic rings. The largest absolute Gasteiger partial charge is 1.00 e. The number of imide groups is 2. The van der Waals surface area contributed by atoms with Crippen LogP contribution in [0.5, 0.6) is 0 Å². The van der Waals surface area contributed by atoms with E-state index in [1.54, 1.807) is 13.8 Å². The Morgan fingerprint density at radius 2 is 0.907 bits per heavy atom. The molecule has 400 valence electrons. The predicted octanol–water partition coefficient (Wildman–Crippen LogP) is 7.08. The van der Waals surface area contributed by atoms with Gasteiger partial charge in [-0.25, -0.2) is 4.90 Å². The molecule has 8 rings (SSSR count). The maximum absolute atomic E-state index is 12.7. The van der Waals surface area contributed by atoms with E-state index in [4.69, 9.17) is 0 Å². The van der Waals surface area contributed by atoms with E-state index >= 15 is 0 Å². The van der Waals surface area contributed by atoms with Gasteiger partial charge in [0.05, 0.1) is 57.3 Å². The van der Waals surface area contributed by atoms with E-state index in [1.165, 1.54) is 59.7 Å². The first-order valence-electron chi connectivity index (χ1n) is 21.0. The summed E-state index contributed by atoms with van der Waals surface area (Å²) in [4.78, 5) is 90.1. The second kappa shape index (κ2) is 23.5. The van der Waals surface area contributed by atoms with Crippen LogP contribution < -0.4 is 50.0 Å². The summed E-state index contributed by atoms with van der Waals surface area (Å²) in [6, 6.07) is 12.5. The molecule has 75 heavy (non-hydrogen) atoms. The number of benzene rings is 4. The van der Waals surface area contributed by atoms with Gasteiger partial charge in [0.15, 0.2) is 0 Å². The number of amides is 6. The molecule has 3 N–H and O–H groups in total. The van der Waals surface area contributed by atoms with Crippen LogP contribution in [0.3, 0.4) is 0 Å². The summed E-state index contributed by atoms with van der Waals surface area (Å²) in [6.07, 6.45) is -17.8. The second-order valence-electron chi connectivity index (χ2n) is 17.3. The number of hydrogen-bond donors (Lipinski definition) is 2. The number of rotatable bonds is 0. The molecule has 0 unspecified atom stereocenters. The monoisotopic (exact) mass is 1090 g/mol. The fraction of sp³-hybridized carbons (Fsp3) is 0.333. The van der Waals surface area contributed by atoms with Gasteiger partial charge in [-0.1, -0.05) is 0 Å². The summed E-state index contributed by atoms with van der Waals surface area (Å²) in [5.74, 6) is -3.66. The molecule has 0 fully saturated rings. The number of fused-ring (bicyclic) bond motifs is 4. The van der Waals surface area contributed by atoms with E-state index in [0.717, 1.165) is 64.4 Å². The van der Waals surface area contributed by atoms with Crippen molar-refractivity contribution in [3.8, 4) is 0 Å². The van der Waals surface area contributed by atoms with E-state index in [-0.39, 0.29) is 82.2 Å². The molecule has 4 aromatic carbocycles. The molecule has 0 saturated carbocycles. The van der Waals surface area contributed by atoms with Crippen molar-refractivity contribution in [1.82, 2.24) is 0 Å². The number of nitrogens with one attached hydrogen (secondary N) is 2. The first-order valence-corrected chi connectivity index (χ1v) is 21.0. The molecule has 0 aromatic heterocycles. The minimum atomic E-state index is -4.47. The molecule has 27 heteroatoms. The average Bonchev–Trinajstić information content (AvgIpc) is 3.91. The van der Waals surface area contributed by atoms with Crippen molar-refractivity contribution in [2.75, 3.05) is 20.4 Å².